The number of hydrogen-bond donors (Lipinski definition) is 1. The summed E-state index contributed by atoms with van der Waals surface area (Å²) in [6.45, 7) is 2.37. The van der Waals surface area contributed by atoms with Gasteiger partial charge in [-0.15, -0.1) is 0 Å². The Labute approximate surface area is 158 Å². The fourth-order valence-corrected chi connectivity index (χ4v) is 2.64. The molecule has 27 heavy (non-hydrogen) atoms. The molecule has 0 saturated carbocycles. The first-order chi connectivity index (χ1) is 12.9. The molecule has 140 valence electrons. The van der Waals surface area contributed by atoms with E-state index in [0.29, 0.717) is 23.7 Å². The number of rotatable bonds is 5. The maximum Gasteiger partial charge on any atom is 0.417 e. The van der Waals surface area contributed by atoms with Crippen molar-refractivity contribution in [3.8, 4) is 17.1 Å². The molecule has 0 radical (unpaired) electrons. The lowest BCUT2D eigenvalue weighted by atomic mass is 10.1. The van der Waals surface area contributed by atoms with Crippen molar-refractivity contribution in [3.05, 3.63) is 64.4 Å². The predicted octanol–water partition coefficient (Wildman–Crippen LogP) is 4.91. The van der Waals surface area contributed by atoms with Gasteiger partial charge in [-0.1, -0.05) is 30.3 Å². The normalized spacial score (nSPS) is 11.9. The summed E-state index contributed by atoms with van der Waals surface area (Å²) in [6, 6.07) is 12.3. The van der Waals surface area contributed by atoms with Crippen molar-refractivity contribution < 1.29 is 17.9 Å². The first-order valence-corrected chi connectivity index (χ1v) is 8.42. The minimum Gasteiger partial charge on any atom is -0.494 e. The van der Waals surface area contributed by atoms with Crippen molar-refractivity contribution in [1.82, 2.24) is 14.9 Å². The number of aromatic nitrogens is 3. The van der Waals surface area contributed by atoms with Gasteiger partial charge in [0.25, 0.3) is 0 Å². The van der Waals surface area contributed by atoms with Crippen molar-refractivity contribution >= 4 is 18.4 Å². The highest BCUT2D eigenvalue weighted by atomic mass is 32.1. The van der Waals surface area contributed by atoms with Crippen LogP contribution in [-0.2, 0) is 6.18 Å². The van der Waals surface area contributed by atoms with Crippen LogP contribution in [0.4, 0.5) is 13.2 Å². The minimum absolute atomic E-state index is 0.0675. The zero-order valence-corrected chi connectivity index (χ0v) is 15.0. The second-order valence-electron chi connectivity index (χ2n) is 5.45. The van der Waals surface area contributed by atoms with E-state index in [1.807, 2.05) is 6.92 Å². The molecule has 0 fully saturated rings. The molecule has 0 saturated heterocycles. The second-order valence-corrected chi connectivity index (χ2v) is 5.84. The molecule has 1 N–H and O–H groups in total. The van der Waals surface area contributed by atoms with Crippen LogP contribution in [0.5, 0.6) is 5.75 Å². The lowest BCUT2D eigenvalue weighted by Gasteiger charge is -2.09. The molecule has 2 aromatic carbocycles. The van der Waals surface area contributed by atoms with Crippen LogP contribution in [0.25, 0.3) is 11.4 Å². The first-order valence-electron chi connectivity index (χ1n) is 8.01. The third-order valence-electron chi connectivity index (χ3n) is 3.63. The predicted molar refractivity (Wildman–Crippen MR) is 98.5 cm³/mol. The van der Waals surface area contributed by atoms with Gasteiger partial charge in [0.2, 0.25) is 4.77 Å². The standard InChI is InChI=1S/C18H15F3N4OS/c1-2-26-14-8-5-7-12(10-14)16-23-24-17(27)25(16)22-11-13-6-3-4-9-15(13)18(19,20)21/h3-11H,2H2,1H3,(H,24,27). The SMILES string of the molecule is CCOc1cccc(-c2n[nH]c(=S)n2N=Cc2ccccc2C(F)(F)F)c1. The molecule has 0 bridgehead atoms. The van der Waals surface area contributed by atoms with E-state index >= 15 is 0 Å². The zero-order chi connectivity index (χ0) is 19.4. The van der Waals surface area contributed by atoms with E-state index in [2.05, 4.69) is 15.3 Å². The van der Waals surface area contributed by atoms with Crippen molar-refractivity contribution in [2.75, 3.05) is 6.61 Å². The molecule has 0 aliphatic rings. The van der Waals surface area contributed by atoms with Gasteiger partial charge >= 0.3 is 6.18 Å². The third-order valence-corrected chi connectivity index (χ3v) is 3.90. The highest BCUT2D eigenvalue weighted by Crippen LogP contribution is 2.31. The molecule has 0 aliphatic carbocycles. The van der Waals surface area contributed by atoms with E-state index in [4.69, 9.17) is 17.0 Å². The van der Waals surface area contributed by atoms with E-state index in [-0.39, 0.29) is 10.3 Å². The number of aromatic amines is 1. The molecule has 1 aromatic heterocycles. The lowest BCUT2D eigenvalue weighted by molar-refractivity contribution is -0.137. The molecule has 0 atom stereocenters. The smallest absolute Gasteiger partial charge is 0.417 e. The summed E-state index contributed by atoms with van der Waals surface area (Å²) in [6.07, 6.45) is -3.36. The minimum atomic E-state index is -4.48. The van der Waals surface area contributed by atoms with Crippen molar-refractivity contribution in [1.29, 1.82) is 0 Å². The van der Waals surface area contributed by atoms with Crippen LogP contribution in [0, 0.1) is 4.77 Å². The maximum atomic E-state index is 13.1. The molecule has 0 aliphatic heterocycles. The first kappa shape index (κ1) is 18.8. The Kier molecular flexibility index (Phi) is 5.41. The maximum absolute atomic E-state index is 13.1. The van der Waals surface area contributed by atoms with Crippen LogP contribution in [0.2, 0.25) is 0 Å². The van der Waals surface area contributed by atoms with Gasteiger partial charge in [-0.3, -0.25) is 0 Å². The molecule has 5 nitrogen and oxygen atoms in total. The Morgan fingerprint density at radius 3 is 2.74 bits per heavy atom. The van der Waals surface area contributed by atoms with Gasteiger partial charge in [0.1, 0.15) is 5.75 Å². The van der Waals surface area contributed by atoms with Gasteiger partial charge in [-0.05, 0) is 37.3 Å². The zero-order valence-electron chi connectivity index (χ0n) is 14.2. The highest BCUT2D eigenvalue weighted by Gasteiger charge is 2.32. The fourth-order valence-electron chi connectivity index (χ4n) is 2.46. The Morgan fingerprint density at radius 1 is 1.22 bits per heavy atom. The molecule has 0 amide bonds. The van der Waals surface area contributed by atoms with Crippen LogP contribution in [0.3, 0.4) is 0 Å². The second kappa shape index (κ2) is 7.75. The van der Waals surface area contributed by atoms with Gasteiger partial charge in [0.15, 0.2) is 5.82 Å². The van der Waals surface area contributed by atoms with Crippen LogP contribution >= 0.6 is 12.2 Å². The van der Waals surface area contributed by atoms with Crippen LogP contribution < -0.4 is 4.74 Å². The molecule has 1 heterocycles. The number of ether oxygens (including phenoxy) is 1. The van der Waals surface area contributed by atoms with E-state index in [9.17, 15) is 13.2 Å². The van der Waals surface area contributed by atoms with Gasteiger partial charge in [0, 0.05) is 11.1 Å². The number of nitrogens with one attached hydrogen (secondary N) is 1. The third kappa shape index (κ3) is 4.25. The molecule has 3 aromatic rings. The molecule has 9 heteroatoms. The van der Waals surface area contributed by atoms with Crippen molar-refractivity contribution in [2.45, 2.75) is 13.1 Å². The van der Waals surface area contributed by atoms with Gasteiger partial charge < -0.3 is 4.74 Å². The monoisotopic (exact) mass is 392 g/mol. The van der Waals surface area contributed by atoms with Crippen molar-refractivity contribution in [2.24, 2.45) is 5.10 Å². The van der Waals surface area contributed by atoms with E-state index in [0.717, 1.165) is 12.3 Å². The average Bonchev–Trinajstić information content (AvgIpc) is 3.00. The Bertz CT molecular complexity index is 1020. The van der Waals surface area contributed by atoms with Gasteiger partial charge in [0.05, 0.1) is 18.4 Å². The number of hydrogen-bond acceptors (Lipinski definition) is 4. The fraction of sp³-hybridized carbons (Fsp3) is 0.167. The summed E-state index contributed by atoms with van der Waals surface area (Å²) in [5, 5.41) is 10.8. The molecular weight excluding hydrogens is 377 g/mol. The molecule has 3 rings (SSSR count). The lowest BCUT2D eigenvalue weighted by Crippen LogP contribution is -2.09. The quantitative estimate of drug-likeness (QED) is 0.496. The summed E-state index contributed by atoms with van der Waals surface area (Å²) in [7, 11) is 0. The largest absolute Gasteiger partial charge is 0.494 e. The molecule has 0 spiro atoms. The Balaban J connectivity index is 2.01. The summed E-state index contributed by atoms with van der Waals surface area (Å²) in [5.41, 5.74) is -0.180. The van der Waals surface area contributed by atoms with Gasteiger partial charge in [-0.2, -0.15) is 28.0 Å². The number of H-pyrrole nitrogens is 1. The summed E-state index contributed by atoms with van der Waals surface area (Å²) < 4.78 is 46.3. The van der Waals surface area contributed by atoms with E-state index in [1.54, 1.807) is 24.3 Å². The van der Waals surface area contributed by atoms with Crippen LogP contribution in [0.1, 0.15) is 18.1 Å². The number of alkyl halides is 3. The van der Waals surface area contributed by atoms with E-state index < -0.39 is 11.7 Å². The number of nitrogens with zero attached hydrogens (tertiary/aromatic N) is 3. The molecular formula is C18H15F3N4OS. The van der Waals surface area contributed by atoms with Gasteiger partial charge in [-0.25, -0.2) is 5.10 Å². The summed E-state index contributed by atoms with van der Waals surface area (Å²) in [4.78, 5) is 0. The Hall–Kier alpha value is -2.94. The average molecular weight is 392 g/mol. The summed E-state index contributed by atoms with van der Waals surface area (Å²) >= 11 is 5.16. The van der Waals surface area contributed by atoms with Crippen LogP contribution in [0.15, 0.2) is 53.6 Å². The van der Waals surface area contributed by atoms with E-state index in [1.165, 1.54) is 22.9 Å². The highest BCUT2D eigenvalue weighted by molar-refractivity contribution is 7.71. The van der Waals surface area contributed by atoms with Crippen molar-refractivity contribution in [3.63, 3.8) is 0 Å². The molecule has 0 unspecified atom stereocenters. The number of benzene rings is 2. The number of halogens is 3. The topological polar surface area (TPSA) is 55.2 Å². The van der Waals surface area contributed by atoms with Crippen LogP contribution in [-0.4, -0.2) is 27.7 Å². The summed E-state index contributed by atoms with van der Waals surface area (Å²) in [5.74, 6) is 1.00. The Morgan fingerprint density at radius 2 is 2.00 bits per heavy atom.